The lowest BCUT2D eigenvalue weighted by atomic mass is 9.87. The summed E-state index contributed by atoms with van der Waals surface area (Å²) in [5, 5.41) is 14.2. The van der Waals surface area contributed by atoms with E-state index in [9.17, 15) is 9.59 Å². The molecule has 1 fully saturated rings. The average molecular weight is 284 g/mol. The van der Waals surface area contributed by atoms with Gasteiger partial charge in [0.1, 0.15) is 0 Å². The molecule has 0 radical (unpaired) electrons. The molecule has 1 aliphatic carbocycles. The number of carboxylic acid groups (broad SMARTS) is 1. The number of carboxylic acids is 1. The molecule has 5 nitrogen and oxygen atoms in total. The van der Waals surface area contributed by atoms with Crippen molar-refractivity contribution in [3.8, 4) is 0 Å². The van der Waals surface area contributed by atoms with Crippen molar-refractivity contribution >= 4 is 12.0 Å². The molecule has 2 amide bonds. The second kappa shape index (κ2) is 10.5. The number of carbonyl (C=O) groups is 2. The Morgan fingerprint density at radius 3 is 2.35 bits per heavy atom. The largest absolute Gasteiger partial charge is 0.481 e. The van der Waals surface area contributed by atoms with E-state index in [0.717, 1.165) is 31.7 Å². The van der Waals surface area contributed by atoms with Gasteiger partial charge in [0.15, 0.2) is 0 Å². The predicted octanol–water partition coefficient (Wildman–Crippen LogP) is 2.90. The molecular weight excluding hydrogens is 256 g/mol. The highest BCUT2D eigenvalue weighted by Crippen LogP contribution is 2.25. The Morgan fingerprint density at radius 2 is 1.65 bits per heavy atom. The molecule has 20 heavy (non-hydrogen) atoms. The Hall–Kier alpha value is -1.26. The molecule has 0 saturated heterocycles. The lowest BCUT2D eigenvalue weighted by Crippen LogP contribution is -2.37. The molecule has 1 rings (SSSR count). The smallest absolute Gasteiger partial charge is 0.314 e. The molecule has 1 saturated carbocycles. The zero-order valence-corrected chi connectivity index (χ0v) is 12.3. The first-order valence-electron chi connectivity index (χ1n) is 7.92. The Labute approximate surface area is 121 Å². The van der Waals surface area contributed by atoms with E-state index in [1.807, 2.05) is 0 Å². The van der Waals surface area contributed by atoms with Gasteiger partial charge in [-0.3, -0.25) is 4.79 Å². The maximum atomic E-state index is 11.5. The topological polar surface area (TPSA) is 78.4 Å². The normalized spacial score (nSPS) is 15.8. The molecule has 5 heteroatoms. The zero-order chi connectivity index (χ0) is 14.6. The quantitative estimate of drug-likeness (QED) is 0.570. The third-order valence-electron chi connectivity index (χ3n) is 3.92. The summed E-state index contributed by atoms with van der Waals surface area (Å²) < 4.78 is 0. The van der Waals surface area contributed by atoms with Crippen LogP contribution in [-0.4, -0.2) is 30.2 Å². The third-order valence-corrected chi connectivity index (χ3v) is 3.92. The van der Waals surface area contributed by atoms with E-state index in [1.54, 1.807) is 0 Å². The average Bonchev–Trinajstić information content (AvgIpc) is 2.43. The molecule has 0 spiro atoms. The van der Waals surface area contributed by atoms with Gasteiger partial charge in [-0.25, -0.2) is 4.79 Å². The minimum absolute atomic E-state index is 0.0981. The molecule has 0 bridgehead atoms. The molecule has 0 heterocycles. The molecule has 1 aliphatic rings. The molecule has 0 aliphatic heterocycles. The van der Waals surface area contributed by atoms with Crippen LogP contribution in [0.1, 0.15) is 64.2 Å². The van der Waals surface area contributed by atoms with Crippen LogP contribution < -0.4 is 10.6 Å². The Morgan fingerprint density at radius 1 is 0.950 bits per heavy atom. The number of amides is 2. The van der Waals surface area contributed by atoms with Crippen molar-refractivity contribution in [3.05, 3.63) is 0 Å². The Kier molecular flexibility index (Phi) is 8.83. The molecule has 0 aromatic carbocycles. The fourth-order valence-electron chi connectivity index (χ4n) is 2.71. The van der Waals surface area contributed by atoms with E-state index in [0.29, 0.717) is 13.0 Å². The van der Waals surface area contributed by atoms with Crippen LogP contribution in [0.5, 0.6) is 0 Å². The van der Waals surface area contributed by atoms with E-state index >= 15 is 0 Å². The van der Waals surface area contributed by atoms with Gasteiger partial charge in [-0.1, -0.05) is 38.5 Å². The first-order valence-corrected chi connectivity index (χ1v) is 7.92. The molecule has 116 valence electrons. The molecular formula is C15H28N2O3. The first kappa shape index (κ1) is 16.8. The van der Waals surface area contributed by atoms with E-state index in [2.05, 4.69) is 10.6 Å². The van der Waals surface area contributed by atoms with Crippen LogP contribution >= 0.6 is 0 Å². The summed E-state index contributed by atoms with van der Waals surface area (Å²) in [6, 6.07) is -0.0981. The van der Waals surface area contributed by atoms with Crippen LogP contribution in [0.2, 0.25) is 0 Å². The summed E-state index contributed by atoms with van der Waals surface area (Å²) in [5.41, 5.74) is 0. The summed E-state index contributed by atoms with van der Waals surface area (Å²) in [6.07, 6.45) is 10.3. The van der Waals surface area contributed by atoms with Crippen LogP contribution in [0.3, 0.4) is 0 Å². The molecule has 0 aromatic heterocycles. The second-order valence-electron chi connectivity index (χ2n) is 5.68. The lowest BCUT2D eigenvalue weighted by Gasteiger charge is -2.21. The van der Waals surface area contributed by atoms with Crippen LogP contribution in [0, 0.1) is 5.92 Å². The van der Waals surface area contributed by atoms with Gasteiger partial charge in [0.25, 0.3) is 0 Å². The number of aliphatic carboxylic acids is 1. The van der Waals surface area contributed by atoms with Crippen molar-refractivity contribution in [2.45, 2.75) is 64.2 Å². The number of unbranched alkanes of at least 4 members (excludes halogenated alkanes) is 2. The van der Waals surface area contributed by atoms with Gasteiger partial charge in [-0.05, 0) is 25.2 Å². The zero-order valence-electron chi connectivity index (χ0n) is 12.3. The number of hydrogen-bond donors (Lipinski definition) is 3. The highest BCUT2D eigenvalue weighted by molar-refractivity contribution is 5.73. The minimum atomic E-state index is -0.751. The summed E-state index contributed by atoms with van der Waals surface area (Å²) >= 11 is 0. The van der Waals surface area contributed by atoms with Gasteiger partial charge in [-0.15, -0.1) is 0 Å². The third kappa shape index (κ3) is 8.77. The summed E-state index contributed by atoms with van der Waals surface area (Å²) in [7, 11) is 0. The van der Waals surface area contributed by atoms with Crippen LogP contribution in [0.25, 0.3) is 0 Å². The first-order chi connectivity index (χ1) is 9.68. The standard InChI is InChI=1S/C15H28N2O3/c18-14(19)9-5-2-6-11-16-15(20)17-12-10-13-7-3-1-4-8-13/h13H,1-12H2,(H,18,19)(H2,16,17,20). The van der Waals surface area contributed by atoms with Gasteiger partial charge in [0.05, 0.1) is 0 Å². The molecule has 0 atom stereocenters. The summed E-state index contributed by atoms with van der Waals surface area (Å²) in [5.74, 6) is 0.0403. The Bertz CT molecular complexity index is 289. The van der Waals surface area contributed by atoms with E-state index in [1.165, 1.54) is 32.1 Å². The summed E-state index contributed by atoms with van der Waals surface area (Å²) in [6.45, 7) is 1.38. The van der Waals surface area contributed by atoms with E-state index in [4.69, 9.17) is 5.11 Å². The minimum Gasteiger partial charge on any atom is -0.481 e. The van der Waals surface area contributed by atoms with Crippen molar-refractivity contribution in [1.29, 1.82) is 0 Å². The van der Waals surface area contributed by atoms with E-state index < -0.39 is 5.97 Å². The van der Waals surface area contributed by atoms with Crippen LogP contribution in [0.15, 0.2) is 0 Å². The van der Waals surface area contributed by atoms with Gasteiger partial charge < -0.3 is 15.7 Å². The lowest BCUT2D eigenvalue weighted by molar-refractivity contribution is -0.137. The van der Waals surface area contributed by atoms with Gasteiger partial charge >= 0.3 is 12.0 Å². The predicted molar refractivity (Wildman–Crippen MR) is 78.7 cm³/mol. The maximum absolute atomic E-state index is 11.5. The van der Waals surface area contributed by atoms with Crippen molar-refractivity contribution in [3.63, 3.8) is 0 Å². The number of nitrogens with one attached hydrogen (secondary N) is 2. The fraction of sp³-hybridized carbons (Fsp3) is 0.867. The van der Waals surface area contributed by atoms with Crippen LogP contribution in [0.4, 0.5) is 4.79 Å². The number of carbonyl (C=O) groups excluding carboxylic acids is 1. The van der Waals surface area contributed by atoms with E-state index in [-0.39, 0.29) is 12.5 Å². The number of hydrogen-bond acceptors (Lipinski definition) is 2. The molecule has 0 aromatic rings. The van der Waals surface area contributed by atoms with Crippen molar-refractivity contribution in [1.82, 2.24) is 10.6 Å². The van der Waals surface area contributed by atoms with Crippen molar-refractivity contribution in [2.75, 3.05) is 13.1 Å². The maximum Gasteiger partial charge on any atom is 0.314 e. The van der Waals surface area contributed by atoms with Gasteiger partial charge in [0, 0.05) is 19.5 Å². The van der Waals surface area contributed by atoms with Crippen molar-refractivity contribution in [2.24, 2.45) is 5.92 Å². The Balaban J connectivity index is 1.88. The van der Waals surface area contributed by atoms with Gasteiger partial charge in [-0.2, -0.15) is 0 Å². The SMILES string of the molecule is O=C(O)CCCCCNC(=O)NCCC1CCCCC1. The van der Waals surface area contributed by atoms with Crippen LogP contribution in [-0.2, 0) is 4.79 Å². The van der Waals surface area contributed by atoms with Crippen molar-refractivity contribution < 1.29 is 14.7 Å². The second-order valence-corrected chi connectivity index (χ2v) is 5.68. The number of rotatable bonds is 9. The summed E-state index contributed by atoms with van der Waals surface area (Å²) in [4.78, 5) is 21.8. The highest BCUT2D eigenvalue weighted by Gasteiger charge is 2.13. The highest BCUT2D eigenvalue weighted by atomic mass is 16.4. The monoisotopic (exact) mass is 284 g/mol. The molecule has 3 N–H and O–H groups in total. The van der Waals surface area contributed by atoms with Gasteiger partial charge in [0.2, 0.25) is 0 Å². The number of urea groups is 1. The molecule has 0 unspecified atom stereocenters. The fourth-order valence-corrected chi connectivity index (χ4v) is 2.71.